The second kappa shape index (κ2) is 7.44. The van der Waals surface area contributed by atoms with Crippen molar-refractivity contribution in [3.8, 4) is 0 Å². The molecule has 1 amide bonds. The van der Waals surface area contributed by atoms with E-state index in [1.807, 2.05) is 31.2 Å². The second-order valence-electron chi connectivity index (χ2n) is 7.05. The van der Waals surface area contributed by atoms with Gasteiger partial charge in [-0.15, -0.1) is 11.3 Å². The van der Waals surface area contributed by atoms with Gasteiger partial charge in [0, 0.05) is 29.2 Å². The SMILES string of the molecule is CCN1CCCC1CNC(=O)c1cc2c(=O)n(CC)c3ccccc3c2s1. The fraction of sp³-hybridized carbons (Fsp3) is 0.429. The number of rotatable bonds is 5. The van der Waals surface area contributed by atoms with Gasteiger partial charge in [0.1, 0.15) is 0 Å². The summed E-state index contributed by atoms with van der Waals surface area (Å²) in [5, 5.41) is 4.76. The zero-order valence-electron chi connectivity index (χ0n) is 15.8. The third kappa shape index (κ3) is 3.17. The maximum absolute atomic E-state index is 12.9. The van der Waals surface area contributed by atoms with E-state index in [0.29, 0.717) is 29.4 Å². The first-order valence-electron chi connectivity index (χ1n) is 9.71. The predicted molar refractivity (Wildman–Crippen MR) is 112 cm³/mol. The molecule has 1 unspecified atom stereocenters. The molecule has 142 valence electrons. The number of thiophene rings is 1. The van der Waals surface area contributed by atoms with Crippen LogP contribution in [0, 0.1) is 0 Å². The van der Waals surface area contributed by atoms with Crippen molar-refractivity contribution in [3.05, 3.63) is 45.6 Å². The number of amides is 1. The molecule has 1 saturated heterocycles. The van der Waals surface area contributed by atoms with Crippen molar-refractivity contribution in [2.75, 3.05) is 19.6 Å². The van der Waals surface area contributed by atoms with E-state index in [2.05, 4.69) is 17.1 Å². The predicted octanol–water partition coefficient (Wildman–Crippen LogP) is 3.45. The Morgan fingerprint density at radius 2 is 2.04 bits per heavy atom. The Morgan fingerprint density at radius 1 is 1.22 bits per heavy atom. The minimum atomic E-state index is -0.0781. The van der Waals surface area contributed by atoms with Crippen LogP contribution in [-0.2, 0) is 6.54 Å². The number of aryl methyl sites for hydroxylation is 1. The van der Waals surface area contributed by atoms with Gasteiger partial charge in [0.2, 0.25) is 0 Å². The van der Waals surface area contributed by atoms with E-state index in [0.717, 1.165) is 35.1 Å². The minimum Gasteiger partial charge on any atom is -0.350 e. The third-order valence-electron chi connectivity index (χ3n) is 5.59. The highest BCUT2D eigenvalue weighted by Crippen LogP contribution is 2.30. The van der Waals surface area contributed by atoms with Gasteiger partial charge < -0.3 is 9.88 Å². The molecule has 0 radical (unpaired) electrons. The van der Waals surface area contributed by atoms with Gasteiger partial charge in [-0.25, -0.2) is 0 Å². The second-order valence-corrected chi connectivity index (χ2v) is 8.11. The molecule has 4 rings (SSSR count). The molecular formula is C21H25N3O2S. The number of likely N-dealkylation sites (N-methyl/N-ethyl adjacent to an activating group) is 1. The zero-order chi connectivity index (χ0) is 19.0. The van der Waals surface area contributed by atoms with E-state index >= 15 is 0 Å². The van der Waals surface area contributed by atoms with Gasteiger partial charge in [-0.05, 0) is 45.0 Å². The number of nitrogens with one attached hydrogen (secondary N) is 1. The Labute approximate surface area is 162 Å². The Kier molecular flexibility index (Phi) is 5.02. The molecular weight excluding hydrogens is 358 g/mol. The van der Waals surface area contributed by atoms with Crippen LogP contribution in [0.5, 0.6) is 0 Å². The van der Waals surface area contributed by atoms with Crippen LogP contribution in [-0.4, -0.2) is 41.1 Å². The van der Waals surface area contributed by atoms with Crippen molar-refractivity contribution < 1.29 is 4.79 Å². The molecule has 1 fully saturated rings. The highest BCUT2D eigenvalue weighted by atomic mass is 32.1. The molecule has 1 aliphatic heterocycles. The van der Waals surface area contributed by atoms with Crippen molar-refractivity contribution in [2.45, 2.75) is 39.3 Å². The summed E-state index contributed by atoms with van der Waals surface area (Å²) in [6.07, 6.45) is 2.33. The van der Waals surface area contributed by atoms with E-state index in [1.165, 1.54) is 17.8 Å². The first-order chi connectivity index (χ1) is 13.1. The summed E-state index contributed by atoms with van der Waals surface area (Å²) in [7, 11) is 0. The molecule has 0 aliphatic carbocycles. The summed E-state index contributed by atoms with van der Waals surface area (Å²) < 4.78 is 2.69. The molecule has 2 aromatic heterocycles. The molecule has 5 nitrogen and oxygen atoms in total. The van der Waals surface area contributed by atoms with Crippen LogP contribution in [0.15, 0.2) is 35.1 Å². The minimum absolute atomic E-state index is 0.0190. The molecule has 0 saturated carbocycles. The summed E-state index contributed by atoms with van der Waals surface area (Å²) in [5.74, 6) is -0.0781. The number of benzene rings is 1. The van der Waals surface area contributed by atoms with Crippen LogP contribution < -0.4 is 10.9 Å². The molecule has 3 heterocycles. The normalized spacial score (nSPS) is 17.8. The molecule has 0 spiro atoms. The lowest BCUT2D eigenvalue weighted by Gasteiger charge is -2.22. The summed E-state index contributed by atoms with van der Waals surface area (Å²) >= 11 is 1.42. The molecule has 27 heavy (non-hydrogen) atoms. The van der Waals surface area contributed by atoms with Gasteiger partial charge in [-0.1, -0.05) is 25.1 Å². The maximum Gasteiger partial charge on any atom is 0.261 e. The van der Waals surface area contributed by atoms with Gasteiger partial charge in [0.15, 0.2) is 0 Å². The lowest BCUT2D eigenvalue weighted by molar-refractivity contribution is 0.0945. The van der Waals surface area contributed by atoms with Gasteiger partial charge in [-0.2, -0.15) is 0 Å². The van der Waals surface area contributed by atoms with Crippen LogP contribution in [0.1, 0.15) is 36.4 Å². The van der Waals surface area contributed by atoms with E-state index in [9.17, 15) is 9.59 Å². The summed E-state index contributed by atoms with van der Waals surface area (Å²) in [4.78, 5) is 28.7. The smallest absolute Gasteiger partial charge is 0.261 e. The van der Waals surface area contributed by atoms with Crippen molar-refractivity contribution in [1.82, 2.24) is 14.8 Å². The average molecular weight is 384 g/mol. The number of para-hydroxylation sites is 1. The van der Waals surface area contributed by atoms with Gasteiger partial charge in [0.05, 0.1) is 15.8 Å². The molecule has 1 N–H and O–H groups in total. The van der Waals surface area contributed by atoms with E-state index < -0.39 is 0 Å². The fourth-order valence-corrected chi connectivity index (χ4v) is 5.27. The number of hydrogen-bond donors (Lipinski definition) is 1. The third-order valence-corrected chi connectivity index (χ3v) is 6.76. The van der Waals surface area contributed by atoms with Crippen molar-refractivity contribution >= 4 is 38.2 Å². The number of likely N-dealkylation sites (tertiary alicyclic amines) is 1. The van der Waals surface area contributed by atoms with Crippen LogP contribution in [0.25, 0.3) is 21.0 Å². The molecule has 6 heteroatoms. The van der Waals surface area contributed by atoms with Crippen molar-refractivity contribution in [2.24, 2.45) is 0 Å². The van der Waals surface area contributed by atoms with E-state index in [1.54, 1.807) is 10.6 Å². The standard InChI is InChI=1S/C21H25N3O2S/c1-3-23-11-7-8-14(23)13-22-20(25)18-12-16-19(27-18)15-9-5-6-10-17(15)24(4-2)21(16)26/h5-6,9-10,12,14H,3-4,7-8,11,13H2,1-2H3,(H,22,25). The first-order valence-corrected chi connectivity index (χ1v) is 10.5. The summed E-state index contributed by atoms with van der Waals surface area (Å²) in [6, 6.07) is 10.1. The number of hydrogen-bond acceptors (Lipinski definition) is 4. The Balaban J connectivity index is 1.67. The fourth-order valence-electron chi connectivity index (χ4n) is 4.17. The van der Waals surface area contributed by atoms with Crippen LogP contribution in [0.4, 0.5) is 0 Å². The van der Waals surface area contributed by atoms with E-state index in [-0.39, 0.29) is 11.5 Å². The number of nitrogens with zero attached hydrogens (tertiary/aromatic N) is 2. The van der Waals surface area contributed by atoms with Crippen LogP contribution in [0.3, 0.4) is 0 Å². The van der Waals surface area contributed by atoms with Gasteiger partial charge in [-0.3, -0.25) is 14.5 Å². The molecule has 1 aliphatic rings. The van der Waals surface area contributed by atoms with Gasteiger partial charge in [0.25, 0.3) is 11.5 Å². The van der Waals surface area contributed by atoms with Crippen LogP contribution >= 0.6 is 11.3 Å². The summed E-state index contributed by atoms with van der Waals surface area (Å²) in [5.41, 5.74) is 0.908. The first kappa shape index (κ1) is 18.2. The number of carbonyl (C=O) groups excluding carboxylic acids is 1. The maximum atomic E-state index is 12.9. The number of fused-ring (bicyclic) bond motifs is 3. The van der Waals surface area contributed by atoms with Crippen molar-refractivity contribution in [3.63, 3.8) is 0 Å². The Hall–Kier alpha value is -2.18. The number of carbonyl (C=O) groups is 1. The number of aromatic nitrogens is 1. The average Bonchev–Trinajstić information content (AvgIpc) is 3.33. The molecule has 3 aromatic rings. The molecule has 0 bridgehead atoms. The lowest BCUT2D eigenvalue weighted by atomic mass is 10.1. The largest absolute Gasteiger partial charge is 0.350 e. The Bertz CT molecular complexity index is 1050. The lowest BCUT2D eigenvalue weighted by Crippen LogP contribution is -2.39. The van der Waals surface area contributed by atoms with E-state index in [4.69, 9.17) is 0 Å². The Morgan fingerprint density at radius 3 is 2.81 bits per heavy atom. The van der Waals surface area contributed by atoms with Crippen molar-refractivity contribution in [1.29, 1.82) is 0 Å². The number of pyridine rings is 1. The van der Waals surface area contributed by atoms with Gasteiger partial charge >= 0.3 is 0 Å². The zero-order valence-corrected chi connectivity index (χ0v) is 16.6. The highest BCUT2D eigenvalue weighted by molar-refractivity contribution is 7.21. The summed E-state index contributed by atoms with van der Waals surface area (Å²) in [6.45, 7) is 7.55. The monoisotopic (exact) mass is 383 g/mol. The topological polar surface area (TPSA) is 54.3 Å². The molecule has 1 aromatic carbocycles. The highest BCUT2D eigenvalue weighted by Gasteiger charge is 2.24. The quantitative estimate of drug-likeness (QED) is 0.734. The molecule has 1 atom stereocenters. The van der Waals surface area contributed by atoms with Crippen LogP contribution in [0.2, 0.25) is 0 Å².